The van der Waals surface area contributed by atoms with E-state index in [0.29, 0.717) is 43.5 Å². The number of ketones is 1. The molecule has 8 nitrogen and oxygen atoms in total. The first-order valence-electron chi connectivity index (χ1n) is 10.4. The molecule has 1 aromatic rings. The summed E-state index contributed by atoms with van der Waals surface area (Å²) in [6.45, 7) is 0.128. The predicted octanol–water partition coefficient (Wildman–Crippen LogP) is 2.18. The van der Waals surface area contributed by atoms with Crippen LogP contribution in [0.2, 0.25) is 0 Å². The van der Waals surface area contributed by atoms with E-state index in [1.54, 1.807) is 25.2 Å². The lowest BCUT2D eigenvalue weighted by atomic mass is 9.80. The molecular formula is C21H27N3O5S. The van der Waals surface area contributed by atoms with Crippen LogP contribution < -0.4 is 4.31 Å². The zero-order chi connectivity index (χ0) is 21.7. The Kier molecular flexibility index (Phi) is 5.12. The number of Topliss-reactive ketones (excluding diaryl/α,β-unsaturated/α-hetero) is 1. The van der Waals surface area contributed by atoms with Gasteiger partial charge in [0.1, 0.15) is 5.54 Å². The summed E-state index contributed by atoms with van der Waals surface area (Å²) >= 11 is 0. The van der Waals surface area contributed by atoms with Gasteiger partial charge in [-0.15, -0.1) is 0 Å². The van der Waals surface area contributed by atoms with Gasteiger partial charge in [0.2, 0.25) is 10.0 Å². The molecule has 1 aromatic carbocycles. The minimum absolute atomic E-state index is 0.274. The molecule has 0 bridgehead atoms. The van der Waals surface area contributed by atoms with E-state index in [4.69, 9.17) is 0 Å². The van der Waals surface area contributed by atoms with Gasteiger partial charge in [-0.25, -0.2) is 13.2 Å². The quantitative estimate of drug-likeness (QED) is 0.536. The number of hydrogen-bond donors (Lipinski definition) is 0. The van der Waals surface area contributed by atoms with Crippen molar-refractivity contribution in [3.05, 3.63) is 29.3 Å². The maximum Gasteiger partial charge on any atom is 0.327 e. The molecule has 4 rings (SSSR count). The van der Waals surface area contributed by atoms with Gasteiger partial charge in [-0.05, 0) is 49.4 Å². The first kappa shape index (κ1) is 20.8. The van der Waals surface area contributed by atoms with Gasteiger partial charge in [-0.1, -0.05) is 19.3 Å². The molecular weight excluding hydrogens is 406 g/mol. The van der Waals surface area contributed by atoms with Gasteiger partial charge in [-0.2, -0.15) is 0 Å². The molecule has 1 aliphatic carbocycles. The third-order valence-corrected chi connectivity index (χ3v) is 7.84. The van der Waals surface area contributed by atoms with Crippen molar-refractivity contribution in [2.45, 2.75) is 50.5 Å². The van der Waals surface area contributed by atoms with Crippen molar-refractivity contribution in [1.29, 1.82) is 0 Å². The number of likely N-dealkylation sites (N-methyl/N-ethyl adjacent to an activating group) is 1. The second-order valence-electron chi connectivity index (χ2n) is 8.53. The predicted molar refractivity (Wildman–Crippen MR) is 112 cm³/mol. The molecule has 0 atom stereocenters. The van der Waals surface area contributed by atoms with Crippen LogP contribution in [-0.4, -0.2) is 67.9 Å². The fraction of sp³-hybridized carbons (Fsp3) is 0.571. The minimum Gasteiger partial charge on any atom is -0.313 e. The van der Waals surface area contributed by atoms with Crippen LogP contribution in [0.3, 0.4) is 0 Å². The van der Waals surface area contributed by atoms with Crippen LogP contribution >= 0.6 is 0 Å². The first-order valence-corrected chi connectivity index (χ1v) is 12.2. The van der Waals surface area contributed by atoms with E-state index < -0.39 is 21.6 Å². The van der Waals surface area contributed by atoms with Crippen molar-refractivity contribution < 1.29 is 22.8 Å². The highest BCUT2D eigenvalue weighted by Crippen LogP contribution is 2.39. The Morgan fingerprint density at radius 3 is 2.47 bits per heavy atom. The van der Waals surface area contributed by atoms with E-state index in [1.165, 1.54) is 15.5 Å². The maximum absolute atomic E-state index is 13.1. The zero-order valence-electron chi connectivity index (χ0n) is 17.4. The number of anilines is 1. The molecule has 0 N–H and O–H groups in total. The third-order valence-electron chi connectivity index (χ3n) is 6.66. The Bertz CT molecular complexity index is 1010. The molecule has 0 aromatic heterocycles. The Balaban J connectivity index is 1.56. The molecule has 0 unspecified atom stereocenters. The van der Waals surface area contributed by atoms with Crippen LogP contribution in [0, 0.1) is 0 Å². The lowest BCUT2D eigenvalue weighted by Crippen LogP contribution is -2.49. The number of carbonyl (C=O) groups is 3. The van der Waals surface area contributed by atoms with E-state index in [9.17, 15) is 22.8 Å². The molecule has 1 saturated heterocycles. The number of aryl methyl sites for hydroxylation is 1. The van der Waals surface area contributed by atoms with Crippen LogP contribution in [0.5, 0.6) is 0 Å². The first-order chi connectivity index (χ1) is 14.1. The number of carbonyl (C=O) groups excluding carboxylic acids is 3. The highest BCUT2D eigenvalue weighted by Gasteiger charge is 2.55. The van der Waals surface area contributed by atoms with Crippen LogP contribution in [0.15, 0.2) is 18.2 Å². The molecule has 2 aliphatic heterocycles. The lowest BCUT2D eigenvalue weighted by Gasteiger charge is -2.35. The monoisotopic (exact) mass is 433 g/mol. The number of sulfonamides is 1. The van der Waals surface area contributed by atoms with Gasteiger partial charge >= 0.3 is 6.03 Å². The van der Waals surface area contributed by atoms with Crippen LogP contribution in [0.25, 0.3) is 0 Å². The van der Waals surface area contributed by atoms with E-state index in [0.717, 1.165) is 29.7 Å². The average molecular weight is 434 g/mol. The summed E-state index contributed by atoms with van der Waals surface area (Å²) in [4.78, 5) is 41.4. The summed E-state index contributed by atoms with van der Waals surface area (Å²) in [5, 5.41) is 0. The second kappa shape index (κ2) is 7.37. The molecule has 1 saturated carbocycles. The summed E-state index contributed by atoms with van der Waals surface area (Å²) in [5.41, 5.74) is 0.963. The van der Waals surface area contributed by atoms with Gasteiger partial charge in [0.05, 0.1) is 18.5 Å². The standard InChI is InChI=1S/C21H27N3O5S/c1-22-20(27)23(19(26)21(22)10-4-3-5-11-21)14-18(25)16-8-9-17-15(13-16)7-6-12-24(17)30(2,28)29/h8-9,13H,3-7,10-12,14H2,1-2H3. The summed E-state index contributed by atoms with van der Waals surface area (Å²) in [6, 6.07) is 4.50. The van der Waals surface area contributed by atoms with Gasteiger partial charge < -0.3 is 4.90 Å². The molecule has 0 radical (unpaired) electrons. The number of nitrogens with zero attached hydrogens (tertiary/aromatic N) is 3. The molecule has 9 heteroatoms. The van der Waals surface area contributed by atoms with Gasteiger partial charge in [0.15, 0.2) is 5.78 Å². The molecule has 2 heterocycles. The van der Waals surface area contributed by atoms with Crippen molar-refractivity contribution in [3.8, 4) is 0 Å². The van der Waals surface area contributed by atoms with Crippen molar-refractivity contribution >= 4 is 33.4 Å². The number of hydrogen-bond acceptors (Lipinski definition) is 5. The molecule has 162 valence electrons. The van der Waals surface area contributed by atoms with Gasteiger partial charge in [0.25, 0.3) is 5.91 Å². The number of fused-ring (bicyclic) bond motifs is 1. The third kappa shape index (κ3) is 3.29. The SMILES string of the molecule is CN1C(=O)N(CC(=O)c2ccc3c(c2)CCCN3S(C)(=O)=O)C(=O)C12CCCCC2. The number of urea groups is 1. The zero-order valence-corrected chi connectivity index (χ0v) is 18.2. The smallest absolute Gasteiger partial charge is 0.313 e. The van der Waals surface area contributed by atoms with E-state index in [1.807, 2.05) is 0 Å². The number of benzene rings is 1. The fourth-order valence-electron chi connectivity index (χ4n) is 4.99. The fourth-order valence-corrected chi connectivity index (χ4v) is 5.98. The highest BCUT2D eigenvalue weighted by molar-refractivity contribution is 7.92. The molecule has 3 amide bonds. The minimum atomic E-state index is -3.38. The maximum atomic E-state index is 13.1. The van der Waals surface area contributed by atoms with Crippen molar-refractivity contribution in [2.75, 3.05) is 30.7 Å². The number of rotatable bonds is 4. The molecule has 1 spiro atoms. The lowest BCUT2D eigenvalue weighted by molar-refractivity contribution is -0.134. The number of amides is 3. The Hall–Kier alpha value is -2.42. The highest BCUT2D eigenvalue weighted by atomic mass is 32.2. The van der Waals surface area contributed by atoms with Crippen LogP contribution in [0.4, 0.5) is 10.5 Å². The Morgan fingerprint density at radius 1 is 1.10 bits per heavy atom. The van der Waals surface area contributed by atoms with Crippen molar-refractivity contribution in [1.82, 2.24) is 9.80 Å². The topological polar surface area (TPSA) is 95.1 Å². The summed E-state index contributed by atoms with van der Waals surface area (Å²) < 4.78 is 25.4. The second-order valence-corrected chi connectivity index (χ2v) is 10.4. The van der Waals surface area contributed by atoms with Crippen molar-refractivity contribution in [3.63, 3.8) is 0 Å². The molecule has 2 fully saturated rings. The van der Waals surface area contributed by atoms with Crippen LogP contribution in [-0.2, 0) is 21.2 Å². The van der Waals surface area contributed by atoms with Crippen LogP contribution in [0.1, 0.15) is 54.4 Å². The largest absolute Gasteiger partial charge is 0.327 e. The Labute approximate surface area is 176 Å². The van der Waals surface area contributed by atoms with E-state index in [2.05, 4.69) is 0 Å². The molecule has 30 heavy (non-hydrogen) atoms. The average Bonchev–Trinajstić information content (AvgIpc) is 2.89. The number of imide groups is 1. The van der Waals surface area contributed by atoms with E-state index in [-0.39, 0.29) is 18.2 Å². The van der Waals surface area contributed by atoms with Gasteiger partial charge in [0, 0.05) is 19.2 Å². The molecule has 3 aliphatic rings. The van der Waals surface area contributed by atoms with E-state index >= 15 is 0 Å². The summed E-state index contributed by atoms with van der Waals surface area (Å²) in [7, 11) is -1.73. The van der Waals surface area contributed by atoms with Crippen molar-refractivity contribution in [2.24, 2.45) is 0 Å². The van der Waals surface area contributed by atoms with Gasteiger partial charge in [-0.3, -0.25) is 18.8 Å². The normalized spacial score (nSPS) is 21.3. The Morgan fingerprint density at radius 2 is 1.80 bits per heavy atom. The summed E-state index contributed by atoms with van der Waals surface area (Å²) in [6.07, 6.45) is 6.64. The summed E-state index contributed by atoms with van der Waals surface area (Å²) in [5.74, 6) is -0.596.